The number of thiazole rings is 1. The van der Waals surface area contributed by atoms with E-state index in [1.807, 2.05) is 29.6 Å². The van der Waals surface area contributed by atoms with Crippen LogP contribution in [-0.2, 0) is 16.0 Å². The summed E-state index contributed by atoms with van der Waals surface area (Å²) >= 11 is 10.8. The summed E-state index contributed by atoms with van der Waals surface area (Å²) in [6, 6.07) is 14.8. The van der Waals surface area contributed by atoms with Gasteiger partial charge in [-0.1, -0.05) is 39.7 Å². The van der Waals surface area contributed by atoms with E-state index in [0.29, 0.717) is 30.1 Å². The Labute approximate surface area is 186 Å². The lowest BCUT2D eigenvalue weighted by Crippen LogP contribution is -2.27. The quantitative estimate of drug-likeness (QED) is 0.419. The highest BCUT2D eigenvalue weighted by Gasteiger charge is 2.10. The van der Waals surface area contributed by atoms with Gasteiger partial charge in [0.2, 0.25) is 11.8 Å². The Morgan fingerprint density at radius 1 is 1.10 bits per heavy atom. The van der Waals surface area contributed by atoms with Crippen molar-refractivity contribution in [2.75, 3.05) is 11.9 Å². The Kier molecular flexibility index (Phi) is 7.80. The van der Waals surface area contributed by atoms with Gasteiger partial charge in [0, 0.05) is 39.1 Å². The van der Waals surface area contributed by atoms with E-state index in [4.69, 9.17) is 11.6 Å². The van der Waals surface area contributed by atoms with E-state index in [9.17, 15) is 9.59 Å². The number of hydrogen-bond donors (Lipinski definition) is 2. The lowest BCUT2D eigenvalue weighted by molar-refractivity contribution is -0.121. The van der Waals surface area contributed by atoms with Crippen molar-refractivity contribution in [3.8, 4) is 10.6 Å². The van der Waals surface area contributed by atoms with Crippen molar-refractivity contribution in [2.24, 2.45) is 0 Å². The van der Waals surface area contributed by atoms with Crippen molar-refractivity contribution in [2.45, 2.75) is 19.3 Å². The summed E-state index contributed by atoms with van der Waals surface area (Å²) in [7, 11) is 0. The van der Waals surface area contributed by atoms with Gasteiger partial charge in [-0.2, -0.15) is 0 Å². The van der Waals surface area contributed by atoms with Gasteiger partial charge in [0.25, 0.3) is 0 Å². The average molecular weight is 493 g/mol. The topological polar surface area (TPSA) is 71.1 Å². The van der Waals surface area contributed by atoms with Crippen molar-refractivity contribution in [3.05, 3.63) is 69.1 Å². The van der Waals surface area contributed by atoms with Crippen LogP contribution in [0.15, 0.2) is 58.4 Å². The second-order valence-corrected chi connectivity index (χ2v) is 8.55. The van der Waals surface area contributed by atoms with Crippen LogP contribution in [0.5, 0.6) is 0 Å². The van der Waals surface area contributed by atoms with Crippen LogP contribution < -0.4 is 10.6 Å². The molecule has 0 saturated carbocycles. The van der Waals surface area contributed by atoms with E-state index in [1.54, 1.807) is 24.3 Å². The molecule has 0 aliphatic heterocycles. The van der Waals surface area contributed by atoms with Crippen LogP contribution in [0.4, 0.5) is 5.69 Å². The number of anilines is 1. The first-order valence-electron chi connectivity index (χ1n) is 9.02. The molecule has 0 unspecified atom stereocenters. The fraction of sp³-hybridized carbons (Fsp3) is 0.190. The molecule has 0 saturated heterocycles. The third-order valence-electron chi connectivity index (χ3n) is 4.00. The summed E-state index contributed by atoms with van der Waals surface area (Å²) in [5.74, 6) is -0.200. The molecule has 3 rings (SSSR count). The van der Waals surface area contributed by atoms with Gasteiger partial charge in [0.05, 0.1) is 12.1 Å². The minimum absolute atomic E-state index is 0.0975. The number of rotatable bonds is 8. The molecule has 0 radical (unpaired) electrons. The first-order chi connectivity index (χ1) is 14.0. The molecule has 8 heteroatoms. The molecular formula is C21H19BrClN3O2S. The van der Waals surface area contributed by atoms with Gasteiger partial charge < -0.3 is 10.6 Å². The van der Waals surface area contributed by atoms with E-state index in [1.165, 1.54) is 11.3 Å². The van der Waals surface area contributed by atoms with E-state index >= 15 is 0 Å². The highest BCUT2D eigenvalue weighted by Crippen LogP contribution is 2.26. The fourth-order valence-electron chi connectivity index (χ4n) is 2.60. The van der Waals surface area contributed by atoms with Gasteiger partial charge in [-0.3, -0.25) is 9.59 Å². The molecule has 2 aromatic carbocycles. The summed E-state index contributed by atoms with van der Waals surface area (Å²) in [5, 5.41) is 9.03. The number of halogens is 2. The first-order valence-corrected chi connectivity index (χ1v) is 11.1. The van der Waals surface area contributed by atoms with Crippen molar-refractivity contribution in [3.63, 3.8) is 0 Å². The van der Waals surface area contributed by atoms with Crippen molar-refractivity contribution < 1.29 is 9.59 Å². The third-order valence-corrected chi connectivity index (χ3v) is 5.68. The number of hydrogen-bond acceptors (Lipinski definition) is 4. The lowest BCUT2D eigenvalue weighted by Gasteiger charge is -2.06. The SMILES string of the molecule is O=C(Cc1csc(-c2cccc(Br)c2)n1)NCCCC(=O)Nc1ccc(Cl)cc1. The Morgan fingerprint density at radius 3 is 2.66 bits per heavy atom. The molecule has 0 aliphatic carbocycles. The molecule has 5 nitrogen and oxygen atoms in total. The van der Waals surface area contributed by atoms with E-state index in [0.717, 1.165) is 20.7 Å². The standard InChI is InChI=1S/C21H19BrClN3O2S/c22-15-4-1-3-14(11-15)21-26-18(13-29-21)12-20(28)24-10-2-5-19(27)25-17-8-6-16(23)7-9-17/h1,3-4,6-9,11,13H,2,5,10,12H2,(H,24,28)(H,25,27). The second kappa shape index (κ2) is 10.5. The van der Waals surface area contributed by atoms with E-state index in [2.05, 4.69) is 31.5 Å². The number of nitrogens with one attached hydrogen (secondary N) is 2. The van der Waals surface area contributed by atoms with Crippen molar-refractivity contribution >= 4 is 56.4 Å². The molecule has 2 N–H and O–H groups in total. The Balaban J connectivity index is 1.38. The number of nitrogens with zero attached hydrogens (tertiary/aromatic N) is 1. The van der Waals surface area contributed by atoms with Crippen LogP contribution in [0, 0.1) is 0 Å². The number of aromatic nitrogens is 1. The van der Waals surface area contributed by atoms with Gasteiger partial charge in [-0.25, -0.2) is 4.98 Å². The molecule has 0 atom stereocenters. The predicted octanol–water partition coefficient (Wildman–Crippen LogP) is 5.30. The summed E-state index contributed by atoms with van der Waals surface area (Å²) in [5.41, 5.74) is 2.46. The van der Waals surface area contributed by atoms with Crippen LogP contribution in [0.2, 0.25) is 5.02 Å². The third kappa shape index (κ3) is 6.96. The maximum Gasteiger partial charge on any atom is 0.226 e. The minimum Gasteiger partial charge on any atom is -0.356 e. The Bertz CT molecular complexity index is 992. The molecule has 3 aromatic rings. The summed E-state index contributed by atoms with van der Waals surface area (Å²) in [6.07, 6.45) is 1.11. The van der Waals surface area contributed by atoms with Gasteiger partial charge >= 0.3 is 0 Å². The average Bonchev–Trinajstić information content (AvgIpc) is 3.15. The lowest BCUT2D eigenvalue weighted by atomic mass is 10.2. The van der Waals surface area contributed by atoms with Crippen LogP contribution in [0.3, 0.4) is 0 Å². The van der Waals surface area contributed by atoms with Crippen LogP contribution in [0.1, 0.15) is 18.5 Å². The Hall–Kier alpha value is -2.22. The second-order valence-electron chi connectivity index (χ2n) is 6.34. The molecule has 0 bridgehead atoms. The minimum atomic E-state index is -0.103. The van der Waals surface area contributed by atoms with E-state index < -0.39 is 0 Å². The normalized spacial score (nSPS) is 10.6. The molecule has 29 heavy (non-hydrogen) atoms. The predicted molar refractivity (Wildman–Crippen MR) is 121 cm³/mol. The molecule has 2 amide bonds. The maximum atomic E-state index is 12.1. The van der Waals surface area contributed by atoms with Gasteiger partial charge in [-0.05, 0) is 42.8 Å². The molecule has 1 aromatic heterocycles. The van der Waals surface area contributed by atoms with Crippen LogP contribution in [0.25, 0.3) is 10.6 Å². The molecule has 0 spiro atoms. The smallest absolute Gasteiger partial charge is 0.226 e. The molecule has 1 heterocycles. The molecule has 0 aliphatic rings. The number of carbonyl (C=O) groups is 2. The Morgan fingerprint density at radius 2 is 1.90 bits per heavy atom. The summed E-state index contributed by atoms with van der Waals surface area (Å²) in [6.45, 7) is 0.440. The zero-order chi connectivity index (χ0) is 20.6. The maximum absolute atomic E-state index is 12.1. The van der Waals surface area contributed by atoms with Gasteiger partial charge in [0.15, 0.2) is 0 Å². The number of carbonyl (C=O) groups excluding carboxylic acids is 2. The zero-order valence-electron chi connectivity index (χ0n) is 15.5. The summed E-state index contributed by atoms with van der Waals surface area (Å²) < 4.78 is 0.990. The highest BCUT2D eigenvalue weighted by atomic mass is 79.9. The fourth-order valence-corrected chi connectivity index (χ4v) is 3.94. The van der Waals surface area contributed by atoms with Crippen LogP contribution in [-0.4, -0.2) is 23.3 Å². The molecular weight excluding hydrogens is 474 g/mol. The van der Waals surface area contributed by atoms with Crippen LogP contribution >= 0.6 is 38.9 Å². The van der Waals surface area contributed by atoms with Crippen molar-refractivity contribution in [1.82, 2.24) is 10.3 Å². The number of benzene rings is 2. The summed E-state index contributed by atoms with van der Waals surface area (Å²) in [4.78, 5) is 28.6. The highest BCUT2D eigenvalue weighted by molar-refractivity contribution is 9.10. The van der Waals surface area contributed by atoms with Gasteiger partial charge in [0.1, 0.15) is 5.01 Å². The zero-order valence-corrected chi connectivity index (χ0v) is 18.6. The molecule has 150 valence electrons. The van der Waals surface area contributed by atoms with E-state index in [-0.39, 0.29) is 18.2 Å². The molecule has 0 fully saturated rings. The van der Waals surface area contributed by atoms with Gasteiger partial charge in [-0.15, -0.1) is 11.3 Å². The monoisotopic (exact) mass is 491 g/mol. The first kappa shape index (κ1) is 21.5. The van der Waals surface area contributed by atoms with Crippen molar-refractivity contribution in [1.29, 1.82) is 0 Å². The largest absolute Gasteiger partial charge is 0.356 e. The number of amides is 2.